The van der Waals surface area contributed by atoms with E-state index in [-0.39, 0.29) is 16.7 Å². The van der Waals surface area contributed by atoms with Gasteiger partial charge in [0.25, 0.3) is 0 Å². The second kappa shape index (κ2) is 6.49. The smallest absolute Gasteiger partial charge is 0.406 e. The molecule has 126 valence electrons. The first-order chi connectivity index (χ1) is 9.82. The first-order valence-electron chi connectivity index (χ1n) is 7.51. The Morgan fingerprint density at radius 3 is 2.09 bits per heavy atom. The zero-order valence-electron chi connectivity index (χ0n) is 14.0. The van der Waals surface area contributed by atoms with Crippen LogP contribution >= 0.6 is 0 Å². The van der Waals surface area contributed by atoms with Gasteiger partial charge in [-0.1, -0.05) is 26.8 Å². The molecule has 2 nitrogen and oxygen atoms in total. The maximum absolute atomic E-state index is 12.5. The first kappa shape index (κ1) is 18.8. The van der Waals surface area contributed by atoms with Gasteiger partial charge in [0, 0.05) is 5.54 Å². The molecule has 0 unspecified atom stereocenters. The molecule has 2 N–H and O–H groups in total. The number of nitrogens with two attached hydrogens (primary N) is 1. The third-order valence-corrected chi connectivity index (χ3v) is 3.92. The van der Waals surface area contributed by atoms with E-state index in [2.05, 4.69) is 4.74 Å². The molecule has 0 radical (unpaired) electrons. The standard InChI is InChI=1S/C17H26F3NO/c1-6-15(2,3)13-9-12(7-8-16(4,5)21)10-14(11-13)22-17(18,19)20/h9-11H,6-8,21H2,1-5H3. The van der Waals surface area contributed by atoms with E-state index in [0.29, 0.717) is 12.8 Å². The van der Waals surface area contributed by atoms with Crippen molar-refractivity contribution in [2.75, 3.05) is 0 Å². The molecular formula is C17H26F3NO. The average molecular weight is 317 g/mol. The summed E-state index contributed by atoms with van der Waals surface area (Å²) in [6, 6.07) is 4.89. The highest BCUT2D eigenvalue weighted by atomic mass is 19.4. The predicted octanol–water partition coefficient (Wildman–Crippen LogP) is 4.94. The van der Waals surface area contributed by atoms with E-state index in [1.165, 1.54) is 12.1 Å². The highest BCUT2D eigenvalue weighted by molar-refractivity contribution is 5.38. The normalized spacial score (nSPS) is 13.3. The van der Waals surface area contributed by atoms with Gasteiger partial charge >= 0.3 is 6.36 Å². The van der Waals surface area contributed by atoms with Gasteiger partial charge in [-0.15, -0.1) is 13.2 Å². The zero-order valence-corrected chi connectivity index (χ0v) is 14.0. The fraction of sp³-hybridized carbons (Fsp3) is 0.647. The summed E-state index contributed by atoms with van der Waals surface area (Å²) in [5.41, 5.74) is 7.06. The van der Waals surface area contributed by atoms with Gasteiger partial charge in [-0.2, -0.15) is 0 Å². The second-order valence-electron chi connectivity index (χ2n) is 7.14. The molecule has 0 aliphatic rings. The Kier molecular flexibility index (Phi) is 5.55. The Balaban J connectivity index is 3.15. The second-order valence-corrected chi connectivity index (χ2v) is 7.14. The average Bonchev–Trinajstić information content (AvgIpc) is 2.33. The van der Waals surface area contributed by atoms with Crippen LogP contribution in [0.3, 0.4) is 0 Å². The van der Waals surface area contributed by atoms with Crippen molar-refractivity contribution in [1.82, 2.24) is 0 Å². The summed E-state index contributed by atoms with van der Waals surface area (Å²) >= 11 is 0. The van der Waals surface area contributed by atoms with E-state index < -0.39 is 6.36 Å². The van der Waals surface area contributed by atoms with Crippen molar-refractivity contribution < 1.29 is 17.9 Å². The molecule has 0 aliphatic carbocycles. The molecule has 0 fully saturated rings. The highest BCUT2D eigenvalue weighted by Crippen LogP contribution is 2.33. The number of ether oxygens (including phenoxy) is 1. The maximum Gasteiger partial charge on any atom is 0.573 e. The van der Waals surface area contributed by atoms with E-state index >= 15 is 0 Å². The third-order valence-electron chi connectivity index (χ3n) is 3.92. The van der Waals surface area contributed by atoms with Crippen molar-refractivity contribution in [2.24, 2.45) is 5.73 Å². The molecule has 0 saturated carbocycles. The van der Waals surface area contributed by atoms with E-state index in [1.807, 2.05) is 40.7 Å². The summed E-state index contributed by atoms with van der Waals surface area (Å²) in [5, 5.41) is 0. The number of alkyl halides is 3. The quantitative estimate of drug-likeness (QED) is 0.806. The number of rotatable bonds is 6. The Labute approximate surface area is 130 Å². The maximum atomic E-state index is 12.5. The first-order valence-corrected chi connectivity index (χ1v) is 7.51. The van der Waals surface area contributed by atoms with Crippen molar-refractivity contribution in [3.8, 4) is 5.75 Å². The van der Waals surface area contributed by atoms with E-state index in [0.717, 1.165) is 17.5 Å². The Hall–Kier alpha value is -1.23. The van der Waals surface area contributed by atoms with Gasteiger partial charge in [0.1, 0.15) is 5.75 Å². The minimum absolute atomic E-state index is 0.156. The van der Waals surface area contributed by atoms with Gasteiger partial charge in [-0.3, -0.25) is 0 Å². The largest absolute Gasteiger partial charge is 0.573 e. The van der Waals surface area contributed by atoms with Gasteiger partial charge in [-0.25, -0.2) is 0 Å². The molecule has 0 spiro atoms. The summed E-state index contributed by atoms with van der Waals surface area (Å²) in [7, 11) is 0. The van der Waals surface area contributed by atoms with Crippen molar-refractivity contribution in [3.63, 3.8) is 0 Å². The van der Waals surface area contributed by atoms with Gasteiger partial charge in [0.15, 0.2) is 0 Å². The molecule has 0 aromatic heterocycles. The lowest BCUT2D eigenvalue weighted by Crippen LogP contribution is -2.32. The van der Waals surface area contributed by atoms with Crippen LogP contribution in [0.15, 0.2) is 18.2 Å². The summed E-state index contributed by atoms with van der Waals surface area (Å²) in [6.45, 7) is 9.84. The fourth-order valence-corrected chi connectivity index (χ4v) is 2.06. The lowest BCUT2D eigenvalue weighted by atomic mass is 9.81. The molecule has 0 bridgehead atoms. The van der Waals surface area contributed by atoms with Crippen LogP contribution in [0.4, 0.5) is 13.2 Å². The predicted molar refractivity (Wildman–Crippen MR) is 83.0 cm³/mol. The SMILES string of the molecule is CCC(C)(C)c1cc(CCC(C)(C)N)cc(OC(F)(F)F)c1. The molecule has 0 aliphatic heterocycles. The van der Waals surface area contributed by atoms with Crippen molar-refractivity contribution in [1.29, 1.82) is 0 Å². The van der Waals surface area contributed by atoms with Gasteiger partial charge in [0.2, 0.25) is 0 Å². The molecule has 0 atom stereocenters. The van der Waals surface area contributed by atoms with Crippen molar-refractivity contribution >= 4 is 0 Å². The molecule has 1 aromatic rings. The molecule has 0 amide bonds. The molecule has 0 heterocycles. The van der Waals surface area contributed by atoms with Gasteiger partial charge < -0.3 is 10.5 Å². The minimum Gasteiger partial charge on any atom is -0.406 e. The topological polar surface area (TPSA) is 35.2 Å². The van der Waals surface area contributed by atoms with Crippen molar-refractivity contribution in [3.05, 3.63) is 29.3 Å². The Morgan fingerprint density at radius 2 is 1.64 bits per heavy atom. The molecule has 22 heavy (non-hydrogen) atoms. The molecule has 1 rings (SSSR count). The number of aryl methyl sites for hydroxylation is 1. The molecule has 5 heteroatoms. The highest BCUT2D eigenvalue weighted by Gasteiger charge is 2.32. The van der Waals surface area contributed by atoms with Crippen molar-refractivity contribution in [2.45, 2.75) is 71.2 Å². The summed E-state index contributed by atoms with van der Waals surface area (Å²) < 4.78 is 41.7. The number of hydrogen-bond donors (Lipinski definition) is 1. The number of benzene rings is 1. The summed E-state index contributed by atoms with van der Waals surface area (Å²) in [4.78, 5) is 0. The van der Waals surface area contributed by atoms with Crippen LogP contribution in [0, 0.1) is 0 Å². The Bertz CT molecular complexity index is 502. The molecule has 1 aromatic carbocycles. The monoisotopic (exact) mass is 317 g/mol. The lowest BCUT2D eigenvalue weighted by molar-refractivity contribution is -0.274. The minimum atomic E-state index is -4.68. The van der Waals surface area contributed by atoms with Crippen LogP contribution in [-0.2, 0) is 11.8 Å². The van der Waals surface area contributed by atoms with Crippen LogP contribution in [0.25, 0.3) is 0 Å². The number of hydrogen-bond acceptors (Lipinski definition) is 2. The van der Waals surface area contributed by atoms with E-state index in [9.17, 15) is 13.2 Å². The van der Waals surface area contributed by atoms with E-state index in [1.54, 1.807) is 0 Å². The van der Waals surface area contributed by atoms with Crippen LogP contribution in [0.5, 0.6) is 5.75 Å². The Morgan fingerprint density at radius 1 is 1.05 bits per heavy atom. The summed E-state index contributed by atoms with van der Waals surface area (Å²) in [5.74, 6) is -0.156. The van der Waals surface area contributed by atoms with Gasteiger partial charge in [-0.05, 0) is 61.8 Å². The molecule has 0 saturated heterocycles. The molecular weight excluding hydrogens is 291 g/mol. The summed E-state index contributed by atoms with van der Waals surface area (Å²) in [6.07, 6.45) is -2.55. The van der Waals surface area contributed by atoms with E-state index in [4.69, 9.17) is 5.73 Å². The fourth-order valence-electron chi connectivity index (χ4n) is 2.06. The lowest BCUT2D eigenvalue weighted by Gasteiger charge is -2.26. The van der Waals surface area contributed by atoms with Gasteiger partial charge in [0.05, 0.1) is 0 Å². The van der Waals surface area contributed by atoms with Crippen LogP contribution < -0.4 is 10.5 Å². The zero-order chi connectivity index (χ0) is 17.2. The van der Waals surface area contributed by atoms with Crippen LogP contribution in [0.2, 0.25) is 0 Å². The third kappa shape index (κ3) is 6.26. The van der Waals surface area contributed by atoms with Crippen LogP contribution in [0.1, 0.15) is 58.6 Å². The number of halogens is 3. The van der Waals surface area contributed by atoms with Crippen LogP contribution in [-0.4, -0.2) is 11.9 Å².